The van der Waals surface area contributed by atoms with Crippen molar-refractivity contribution < 1.29 is 14.3 Å². The Morgan fingerprint density at radius 2 is 2.00 bits per heavy atom. The molecule has 0 spiro atoms. The third kappa shape index (κ3) is 5.04. The normalized spacial score (nSPS) is 11.1. The molecule has 0 aliphatic carbocycles. The van der Waals surface area contributed by atoms with Crippen molar-refractivity contribution in [2.45, 2.75) is 13.8 Å². The van der Waals surface area contributed by atoms with Gasteiger partial charge in [-0.3, -0.25) is 0 Å². The lowest BCUT2D eigenvalue weighted by Crippen LogP contribution is -2.05. The molecule has 3 nitrogen and oxygen atoms in total. The maximum Gasteiger partial charge on any atom is 0.334 e. The summed E-state index contributed by atoms with van der Waals surface area (Å²) in [6.45, 7) is 4.12. The fraction of sp³-hybridized carbons (Fsp3) is 0.308. The highest BCUT2D eigenvalue weighted by Gasteiger charge is 2.04. The second-order valence-corrected chi connectivity index (χ2v) is 3.97. The van der Waals surface area contributed by atoms with Crippen LogP contribution in [0.2, 0.25) is 0 Å². The molecule has 4 heteroatoms. The van der Waals surface area contributed by atoms with Gasteiger partial charge in [0.25, 0.3) is 0 Å². The fourth-order valence-electron chi connectivity index (χ4n) is 1.17. The van der Waals surface area contributed by atoms with Crippen LogP contribution < -0.4 is 4.74 Å². The number of hydrogen-bond acceptors (Lipinski definition) is 3. The smallest absolute Gasteiger partial charge is 0.334 e. The van der Waals surface area contributed by atoms with E-state index >= 15 is 0 Å². The van der Waals surface area contributed by atoms with Crippen LogP contribution in [0, 0.1) is 6.92 Å². The first-order chi connectivity index (χ1) is 8.15. The fourth-order valence-corrected chi connectivity index (χ4v) is 1.44. The molecule has 1 aromatic rings. The summed E-state index contributed by atoms with van der Waals surface area (Å²) in [5.74, 6) is 0.826. The van der Waals surface area contributed by atoms with Crippen molar-refractivity contribution in [1.82, 2.24) is 0 Å². The Bertz CT molecular complexity index is 396. The van der Waals surface area contributed by atoms with E-state index in [2.05, 4.69) is 15.9 Å². The van der Waals surface area contributed by atoms with E-state index in [0.29, 0.717) is 23.4 Å². The minimum atomic E-state index is -0.394. The highest BCUT2D eigenvalue weighted by Crippen LogP contribution is 2.15. The molecule has 0 saturated carbocycles. The molecule has 0 aromatic heterocycles. The summed E-state index contributed by atoms with van der Waals surface area (Å²) in [5, 5.41) is 0.458. The molecule has 0 saturated heterocycles. The van der Waals surface area contributed by atoms with Crippen molar-refractivity contribution in [3.05, 3.63) is 41.7 Å². The van der Waals surface area contributed by atoms with Crippen LogP contribution in [0.4, 0.5) is 0 Å². The molecule has 0 unspecified atom stereocenters. The lowest BCUT2D eigenvalue weighted by atomic mass is 10.2. The zero-order chi connectivity index (χ0) is 12.7. The molecule has 0 amide bonds. The molecule has 0 N–H and O–H groups in total. The van der Waals surface area contributed by atoms with Gasteiger partial charge in [0.1, 0.15) is 11.5 Å². The zero-order valence-electron chi connectivity index (χ0n) is 9.90. The minimum absolute atomic E-state index is 0.357. The van der Waals surface area contributed by atoms with Crippen molar-refractivity contribution >= 4 is 21.9 Å². The Morgan fingerprint density at radius 3 is 2.53 bits per heavy atom. The molecule has 0 fully saturated rings. The average Bonchev–Trinajstić information content (AvgIpc) is 2.31. The number of aryl methyl sites for hydroxylation is 1. The number of ether oxygens (including phenoxy) is 2. The standard InChI is InChI=1S/C13H15BrO3/c1-3-16-13(15)8-12(9-14)17-11-6-4-10(2)5-7-11/h4-8H,3,9H2,1-2H3. The number of carbonyl (C=O) groups is 1. The molecule has 0 aliphatic heterocycles. The summed E-state index contributed by atoms with van der Waals surface area (Å²) in [5.41, 5.74) is 1.16. The number of allylic oxidation sites excluding steroid dienone is 1. The highest BCUT2D eigenvalue weighted by atomic mass is 79.9. The molecule has 0 bridgehead atoms. The third-order valence-electron chi connectivity index (χ3n) is 1.97. The largest absolute Gasteiger partial charge is 0.463 e. The predicted molar refractivity (Wildman–Crippen MR) is 70.3 cm³/mol. The summed E-state index contributed by atoms with van der Waals surface area (Å²) >= 11 is 3.27. The molecule has 1 rings (SSSR count). The number of hydrogen-bond donors (Lipinski definition) is 0. The maximum absolute atomic E-state index is 11.3. The third-order valence-corrected chi connectivity index (χ3v) is 2.52. The molecule has 0 heterocycles. The van der Waals surface area contributed by atoms with E-state index in [0.717, 1.165) is 5.56 Å². The van der Waals surface area contributed by atoms with Crippen molar-refractivity contribution in [1.29, 1.82) is 0 Å². The van der Waals surface area contributed by atoms with E-state index in [9.17, 15) is 4.79 Å². The van der Waals surface area contributed by atoms with E-state index in [-0.39, 0.29) is 0 Å². The number of carbonyl (C=O) groups excluding carboxylic acids is 1. The van der Waals surface area contributed by atoms with E-state index in [4.69, 9.17) is 9.47 Å². The van der Waals surface area contributed by atoms with Gasteiger partial charge in [0, 0.05) is 0 Å². The van der Waals surface area contributed by atoms with Crippen LogP contribution >= 0.6 is 15.9 Å². The number of benzene rings is 1. The van der Waals surface area contributed by atoms with Gasteiger partial charge in [-0.1, -0.05) is 33.6 Å². The topological polar surface area (TPSA) is 35.5 Å². The van der Waals surface area contributed by atoms with E-state index in [1.54, 1.807) is 6.92 Å². The molecule has 0 aliphatic rings. The second-order valence-electron chi connectivity index (χ2n) is 3.41. The van der Waals surface area contributed by atoms with Gasteiger partial charge in [0.2, 0.25) is 0 Å². The van der Waals surface area contributed by atoms with Crippen molar-refractivity contribution in [2.24, 2.45) is 0 Å². The maximum atomic E-state index is 11.3. The van der Waals surface area contributed by atoms with E-state index in [1.165, 1.54) is 6.08 Å². The Labute approximate surface area is 110 Å². The lowest BCUT2D eigenvalue weighted by molar-refractivity contribution is -0.137. The monoisotopic (exact) mass is 298 g/mol. The SMILES string of the molecule is CCOC(=O)C=C(CBr)Oc1ccc(C)cc1. The summed E-state index contributed by atoms with van der Waals surface area (Å²) in [6, 6.07) is 7.62. The van der Waals surface area contributed by atoms with Gasteiger partial charge in [-0.15, -0.1) is 0 Å². The molecule has 17 heavy (non-hydrogen) atoms. The molecule has 92 valence electrons. The van der Waals surface area contributed by atoms with Gasteiger partial charge in [-0.25, -0.2) is 4.79 Å². The number of esters is 1. The van der Waals surface area contributed by atoms with Gasteiger partial charge < -0.3 is 9.47 Å². The first-order valence-corrected chi connectivity index (χ1v) is 6.45. The van der Waals surface area contributed by atoms with Crippen molar-refractivity contribution in [3.63, 3.8) is 0 Å². The quantitative estimate of drug-likeness (QED) is 0.362. The summed E-state index contributed by atoms with van der Waals surface area (Å²) in [7, 11) is 0. The first kappa shape index (κ1) is 13.8. The minimum Gasteiger partial charge on any atom is -0.463 e. The van der Waals surface area contributed by atoms with E-state index < -0.39 is 5.97 Å². The van der Waals surface area contributed by atoms with Gasteiger partial charge in [0.15, 0.2) is 0 Å². The van der Waals surface area contributed by atoms with Crippen LogP contribution in [0.25, 0.3) is 0 Å². The Morgan fingerprint density at radius 1 is 1.35 bits per heavy atom. The molecule has 0 atom stereocenters. The van der Waals surface area contributed by atoms with Gasteiger partial charge in [0.05, 0.1) is 18.0 Å². The van der Waals surface area contributed by atoms with E-state index in [1.807, 2.05) is 31.2 Å². The van der Waals surface area contributed by atoms with Crippen LogP contribution in [0.15, 0.2) is 36.1 Å². The van der Waals surface area contributed by atoms with Crippen LogP contribution in [-0.2, 0) is 9.53 Å². The molecular formula is C13H15BrO3. The number of halogens is 1. The van der Waals surface area contributed by atoms with Crippen molar-refractivity contribution in [3.8, 4) is 5.75 Å². The highest BCUT2D eigenvalue weighted by molar-refractivity contribution is 9.09. The second kappa shape index (κ2) is 7.12. The Balaban J connectivity index is 2.69. The molecule has 1 aromatic carbocycles. The average molecular weight is 299 g/mol. The summed E-state index contributed by atoms with van der Waals surface area (Å²) in [4.78, 5) is 11.3. The van der Waals surface area contributed by atoms with Gasteiger partial charge in [-0.2, -0.15) is 0 Å². The molecule has 0 radical (unpaired) electrons. The zero-order valence-corrected chi connectivity index (χ0v) is 11.5. The van der Waals surface area contributed by atoms with Crippen LogP contribution in [0.3, 0.4) is 0 Å². The summed E-state index contributed by atoms with van der Waals surface area (Å²) < 4.78 is 10.4. The van der Waals surface area contributed by atoms with Crippen LogP contribution in [-0.4, -0.2) is 17.9 Å². The Hall–Kier alpha value is -1.29. The lowest BCUT2D eigenvalue weighted by Gasteiger charge is -2.07. The van der Waals surface area contributed by atoms with Crippen molar-refractivity contribution in [2.75, 3.05) is 11.9 Å². The molecular weight excluding hydrogens is 284 g/mol. The number of rotatable bonds is 5. The van der Waals surface area contributed by atoms with Gasteiger partial charge >= 0.3 is 5.97 Å². The predicted octanol–water partition coefficient (Wildman–Crippen LogP) is 3.22. The summed E-state index contributed by atoms with van der Waals surface area (Å²) in [6.07, 6.45) is 1.35. The van der Waals surface area contributed by atoms with Crippen LogP contribution in [0.5, 0.6) is 5.75 Å². The number of alkyl halides is 1. The van der Waals surface area contributed by atoms with Crippen LogP contribution in [0.1, 0.15) is 12.5 Å². The van der Waals surface area contributed by atoms with Gasteiger partial charge in [-0.05, 0) is 26.0 Å². The first-order valence-electron chi connectivity index (χ1n) is 5.33. The Kier molecular flexibility index (Phi) is 5.77.